The fraction of sp³-hybridized carbons (Fsp3) is 0.500. The van der Waals surface area contributed by atoms with Crippen molar-refractivity contribution in [1.82, 2.24) is 4.31 Å². The number of ether oxygens (including phenoxy) is 1. The van der Waals surface area contributed by atoms with Gasteiger partial charge in [0.2, 0.25) is 5.91 Å². The number of carbonyl (C=O) groups is 1. The molecule has 1 fully saturated rings. The molecule has 1 aromatic heterocycles. The zero-order valence-corrected chi connectivity index (χ0v) is 11.0. The summed E-state index contributed by atoms with van der Waals surface area (Å²) in [6.07, 6.45) is -0.0123. The molecule has 94 valence electrons. The molecule has 0 aromatic carbocycles. The summed E-state index contributed by atoms with van der Waals surface area (Å²) in [5.74, 6) is -0.394. The molecular weight excluding hydrogens is 262 g/mol. The molecule has 1 saturated heterocycles. The first kappa shape index (κ1) is 12.5. The highest BCUT2D eigenvalue weighted by atomic mass is 32.2. The predicted molar refractivity (Wildman–Crippen MR) is 63.0 cm³/mol. The molecule has 0 N–H and O–H groups in total. The van der Waals surface area contributed by atoms with Crippen LogP contribution in [0.25, 0.3) is 0 Å². The second-order valence-electron chi connectivity index (χ2n) is 3.60. The van der Waals surface area contributed by atoms with Crippen molar-refractivity contribution in [2.45, 2.75) is 30.9 Å². The van der Waals surface area contributed by atoms with Gasteiger partial charge in [0.15, 0.2) is 0 Å². The minimum atomic E-state index is -3.75. The lowest BCUT2D eigenvalue weighted by Crippen LogP contribution is -2.39. The molecule has 17 heavy (non-hydrogen) atoms. The van der Waals surface area contributed by atoms with Crippen LogP contribution in [0.2, 0.25) is 0 Å². The number of hydrogen-bond acceptors (Lipinski definition) is 5. The number of sulfonamides is 1. The quantitative estimate of drug-likeness (QED) is 0.833. The summed E-state index contributed by atoms with van der Waals surface area (Å²) in [6.45, 7) is 2.16. The summed E-state index contributed by atoms with van der Waals surface area (Å²) < 4.78 is 30.6. The van der Waals surface area contributed by atoms with Gasteiger partial charge in [0.05, 0.1) is 4.90 Å². The summed E-state index contributed by atoms with van der Waals surface area (Å²) in [6, 6.07) is 1.49. The van der Waals surface area contributed by atoms with Crippen LogP contribution in [0.15, 0.2) is 21.7 Å². The van der Waals surface area contributed by atoms with Crippen LogP contribution < -0.4 is 0 Å². The first-order chi connectivity index (χ1) is 8.07. The highest BCUT2D eigenvalue weighted by molar-refractivity contribution is 7.89. The molecule has 1 amide bonds. The Balaban J connectivity index is 2.34. The van der Waals surface area contributed by atoms with E-state index in [-0.39, 0.29) is 11.3 Å². The van der Waals surface area contributed by atoms with Crippen molar-refractivity contribution in [3.8, 4) is 0 Å². The van der Waals surface area contributed by atoms with Crippen molar-refractivity contribution < 1.29 is 17.9 Å². The van der Waals surface area contributed by atoms with Gasteiger partial charge in [-0.1, -0.05) is 0 Å². The van der Waals surface area contributed by atoms with Crippen LogP contribution >= 0.6 is 11.3 Å². The van der Waals surface area contributed by atoms with Crippen molar-refractivity contribution in [3.63, 3.8) is 0 Å². The van der Waals surface area contributed by atoms with E-state index >= 15 is 0 Å². The highest BCUT2D eigenvalue weighted by Gasteiger charge is 2.41. The van der Waals surface area contributed by atoms with Crippen LogP contribution in [0.4, 0.5) is 0 Å². The van der Waals surface area contributed by atoms with E-state index in [9.17, 15) is 13.2 Å². The minimum Gasteiger partial charge on any atom is -0.357 e. The smallest absolute Gasteiger partial charge is 0.269 e. The molecule has 7 heteroatoms. The molecule has 0 radical (unpaired) electrons. The standard InChI is InChI=1S/C10H13NO4S2/c1-2-15-10-4-3-9(12)11(10)17(13,14)8-5-6-16-7-8/h5-7,10H,2-4H2,1H3. The van der Waals surface area contributed by atoms with Crippen LogP contribution in [-0.2, 0) is 19.6 Å². The molecule has 1 aliphatic heterocycles. The van der Waals surface area contributed by atoms with Crippen LogP contribution in [0.5, 0.6) is 0 Å². The third-order valence-corrected chi connectivity index (χ3v) is 5.16. The summed E-state index contributed by atoms with van der Waals surface area (Å²) in [5.41, 5.74) is 0. The Morgan fingerprint density at radius 2 is 2.35 bits per heavy atom. The second kappa shape index (κ2) is 4.75. The molecule has 0 saturated carbocycles. The van der Waals surface area contributed by atoms with E-state index in [0.717, 1.165) is 4.31 Å². The van der Waals surface area contributed by atoms with E-state index in [1.165, 1.54) is 22.8 Å². The first-order valence-electron chi connectivity index (χ1n) is 5.28. The van der Waals surface area contributed by atoms with E-state index in [4.69, 9.17) is 4.74 Å². The molecule has 5 nitrogen and oxygen atoms in total. The fourth-order valence-corrected chi connectivity index (χ4v) is 4.34. The van der Waals surface area contributed by atoms with Crippen molar-refractivity contribution >= 4 is 27.3 Å². The summed E-state index contributed by atoms with van der Waals surface area (Å²) in [7, 11) is -3.75. The molecule has 1 atom stereocenters. The van der Waals surface area contributed by atoms with Crippen LogP contribution in [0.1, 0.15) is 19.8 Å². The number of carbonyl (C=O) groups excluding carboxylic acids is 1. The molecule has 0 bridgehead atoms. The average molecular weight is 275 g/mol. The van der Waals surface area contributed by atoms with Crippen molar-refractivity contribution in [1.29, 1.82) is 0 Å². The first-order valence-corrected chi connectivity index (χ1v) is 7.66. The van der Waals surface area contributed by atoms with Gasteiger partial charge in [-0.2, -0.15) is 11.3 Å². The molecular formula is C10H13NO4S2. The van der Waals surface area contributed by atoms with Crippen LogP contribution in [-0.4, -0.2) is 31.5 Å². The van der Waals surface area contributed by atoms with Gasteiger partial charge in [0.1, 0.15) is 6.23 Å². The normalized spacial score (nSPS) is 21.1. The van der Waals surface area contributed by atoms with Gasteiger partial charge < -0.3 is 4.74 Å². The zero-order chi connectivity index (χ0) is 12.5. The van der Waals surface area contributed by atoms with Gasteiger partial charge in [-0.05, 0) is 18.4 Å². The Morgan fingerprint density at radius 1 is 1.59 bits per heavy atom. The number of nitrogens with zero attached hydrogens (tertiary/aromatic N) is 1. The number of rotatable bonds is 4. The maximum Gasteiger partial charge on any atom is 0.269 e. The van der Waals surface area contributed by atoms with Gasteiger partial charge in [-0.3, -0.25) is 4.79 Å². The maximum absolute atomic E-state index is 12.2. The van der Waals surface area contributed by atoms with E-state index in [1.807, 2.05) is 0 Å². The largest absolute Gasteiger partial charge is 0.357 e. The predicted octanol–water partition coefficient (Wildman–Crippen LogP) is 1.42. The monoisotopic (exact) mass is 275 g/mol. The van der Waals surface area contributed by atoms with E-state index in [1.54, 1.807) is 12.3 Å². The Labute approximate surface area is 104 Å². The number of thiophene rings is 1. The Morgan fingerprint density at radius 3 is 2.94 bits per heavy atom. The van der Waals surface area contributed by atoms with Gasteiger partial charge in [0.25, 0.3) is 10.0 Å². The fourth-order valence-electron chi connectivity index (χ4n) is 1.78. The van der Waals surface area contributed by atoms with Crippen molar-refractivity contribution in [2.75, 3.05) is 6.61 Å². The summed E-state index contributed by atoms with van der Waals surface area (Å²) >= 11 is 1.28. The number of hydrogen-bond donors (Lipinski definition) is 0. The molecule has 2 rings (SSSR count). The third kappa shape index (κ3) is 2.22. The third-order valence-electron chi connectivity index (χ3n) is 2.52. The lowest BCUT2D eigenvalue weighted by Gasteiger charge is -2.23. The summed E-state index contributed by atoms with van der Waals surface area (Å²) in [4.78, 5) is 11.8. The van der Waals surface area contributed by atoms with E-state index in [0.29, 0.717) is 13.0 Å². The van der Waals surface area contributed by atoms with Crippen molar-refractivity contribution in [3.05, 3.63) is 16.8 Å². The van der Waals surface area contributed by atoms with E-state index in [2.05, 4.69) is 0 Å². The number of amides is 1. The molecule has 1 aromatic rings. The topological polar surface area (TPSA) is 63.7 Å². The van der Waals surface area contributed by atoms with Crippen LogP contribution in [0, 0.1) is 0 Å². The SMILES string of the molecule is CCOC1CCC(=O)N1S(=O)(=O)c1ccsc1. The highest BCUT2D eigenvalue weighted by Crippen LogP contribution is 2.28. The zero-order valence-electron chi connectivity index (χ0n) is 9.33. The second-order valence-corrected chi connectivity index (χ2v) is 6.20. The van der Waals surface area contributed by atoms with Gasteiger partial charge in [-0.25, -0.2) is 12.7 Å². The average Bonchev–Trinajstić information content (AvgIpc) is 2.88. The summed E-state index contributed by atoms with van der Waals surface area (Å²) in [5, 5.41) is 3.19. The maximum atomic E-state index is 12.2. The minimum absolute atomic E-state index is 0.155. The van der Waals surface area contributed by atoms with Gasteiger partial charge in [-0.15, -0.1) is 0 Å². The Hall–Kier alpha value is -0.920. The van der Waals surface area contributed by atoms with Gasteiger partial charge in [0, 0.05) is 24.8 Å². The van der Waals surface area contributed by atoms with E-state index < -0.39 is 22.2 Å². The lowest BCUT2D eigenvalue weighted by molar-refractivity contribution is -0.128. The Bertz CT molecular complexity index is 494. The lowest BCUT2D eigenvalue weighted by atomic mass is 10.3. The Kier molecular flexibility index (Phi) is 3.50. The molecule has 1 unspecified atom stereocenters. The van der Waals surface area contributed by atoms with Crippen molar-refractivity contribution in [2.24, 2.45) is 0 Å². The molecule has 2 heterocycles. The van der Waals surface area contributed by atoms with Crippen LogP contribution in [0.3, 0.4) is 0 Å². The molecule has 0 spiro atoms. The van der Waals surface area contributed by atoms with Gasteiger partial charge >= 0.3 is 0 Å². The molecule has 0 aliphatic carbocycles. The molecule has 1 aliphatic rings.